The smallest absolute Gasteiger partial charge is 0.173 e. The molecule has 1 aliphatic heterocycles. The lowest BCUT2D eigenvalue weighted by Crippen LogP contribution is -2.12. The van der Waals surface area contributed by atoms with E-state index in [9.17, 15) is 0 Å². The molecule has 0 unspecified atom stereocenters. The molecule has 0 aliphatic carbocycles. The minimum atomic E-state index is 0.617. The fourth-order valence-electron chi connectivity index (χ4n) is 7.38. The Balaban J connectivity index is 1.24. The van der Waals surface area contributed by atoms with Crippen LogP contribution in [0, 0.1) is 0 Å². The lowest BCUT2D eigenvalue weighted by atomic mass is 9.97. The second-order valence-corrected chi connectivity index (χ2v) is 12.5. The van der Waals surface area contributed by atoms with E-state index in [0.717, 1.165) is 40.1 Å². The number of fused-ring (bicyclic) bond motifs is 5. The van der Waals surface area contributed by atoms with Crippen molar-refractivity contribution in [2.45, 2.75) is 12.8 Å². The van der Waals surface area contributed by atoms with Gasteiger partial charge in [0.1, 0.15) is 0 Å². The van der Waals surface area contributed by atoms with Crippen molar-refractivity contribution in [1.29, 1.82) is 0 Å². The molecule has 0 radical (unpaired) electrons. The van der Waals surface area contributed by atoms with Crippen molar-refractivity contribution in [2.75, 3.05) is 0 Å². The zero-order valence-electron chi connectivity index (χ0n) is 26.5. The van der Waals surface area contributed by atoms with Crippen LogP contribution < -0.4 is 0 Å². The van der Waals surface area contributed by atoms with Gasteiger partial charge in [0.15, 0.2) is 11.7 Å². The molecule has 6 nitrogen and oxygen atoms in total. The van der Waals surface area contributed by atoms with E-state index >= 15 is 0 Å². The molecule has 0 atom stereocenters. The first-order chi connectivity index (χ1) is 24.3. The van der Waals surface area contributed by atoms with E-state index in [-0.39, 0.29) is 0 Å². The summed E-state index contributed by atoms with van der Waals surface area (Å²) in [4.78, 5) is 24.5. The van der Waals surface area contributed by atoms with Gasteiger partial charge in [0.2, 0.25) is 0 Å². The summed E-state index contributed by atoms with van der Waals surface area (Å²) in [5, 5.41) is 7.24. The molecule has 1 aliphatic rings. The summed E-state index contributed by atoms with van der Waals surface area (Å²) in [7, 11) is 0. The molecule has 0 spiro atoms. The van der Waals surface area contributed by atoms with Crippen molar-refractivity contribution < 1.29 is 0 Å². The Hall–Kier alpha value is -6.53. The molecule has 0 bridgehead atoms. The van der Waals surface area contributed by atoms with Crippen molar-refractivity contribution >= 4 is 66.1 Å². The van der Waals surface area contributed by atoms with Crippen molar-refractivity contribution in [3.05, 3.63) is 163 Å². The van der Waals surface area contributed by atoms with Crippen LogP contribution in [0.2, 0.25) is 0 Å². The Morgan fingerprint density at radius 3 is 2.10 bits per heavy atom. The van der Waals surface area contributed by atoms with Crippen molar-refractivity contribution in [3.8, 4) is 11.1 Å². The van der Waals surface area contributed by atoms with E-state index in [2.05, 4.69) is 100 Å². The molecule has 49 heavy (non-hydrogen) atoms. The molecule has 0 amide bonds. The van der Waals surface area contributed by atoms with Gasteiger partial charge in [-0.3, -0.25) is 4.98 Å². The molecule has 0 N–H and O–H groups in total. The Bertz CT molecular complexity index is 2790. The second-order valence-electron chi connectivity index (χ2n) is 12.5. The zero-order valence-corrected chi connectivity index (χ0v) is 26.5. The van der Waals surface area contributed by atoms with E-state index < -0.39 is 0 Å². The number of amidine groups is 1. The number of hydrogen-bond acceptors (Lipinski definition) is 5. The molecule has 230 valence electrons. The maximum absolute atomic E-state index is 5.31. The molecule has 6 heteroatoms. The highest BCUT2D eigenvalue weighted by atomic mass is 15.0. The first-order valence-electron chi connectivity index (χ1n) is 16.5. The normalized spacial score (nSPS) is 13.9. The molecule has 0 saturated carbocycles. The fraction of sp³-hybridized carbons (Fsp3) is 0.0465. The predicted octanol–water partition coefficient (Wildman–Crippen LogP) is 9.91. The van der Waals surface area contributed by atoms with Gasteiger partial charge in [-0.05, 0) is 65.6 Å². The molecule has 10 rings (SSSR count). The first-order valence-corrected chi connectivity index (χ1v) is 16.5. The van der Waals surface area contributed by atoms with Gasteiger partial charge in [-0.25, -0.2) is 20.0 Å². The van der Waals surface area contributed by atoms with E-state index in [1.807, 2.05) is 55.1 Å². The van der Waals surface area contributed by atoms with Gasteiger partial charge < -0.3 is 4.40 Å². The number of pyridine rings is 2. The number of para-hydroxylation sites is 1. The molecular formula is C43H28N6. The molecule has 0 fully saturated rings. The molecule has 5 heterocycles. The summed E-state index contributed by atoms with van der Waals surface area (Å²) in [6.07, 6.45) is 11.0. The Morgan fingerprint density at radius 2 is 1.27 bits per heavy atom. The van der Waals surface area contributed by atoms with Gasteiger partial charge in [0.05, 0.1) is 28.0 Å². The van der Waals surface area contributed by atoms with Gasteiger partial charge >= 0.3 is 0 Å². The third-order valence-electron chi connectivity index (χ3n) is 9.62. The maximum atomic E-state index is 5.31. The number of aliphatic imine (C=N–C) groups is 2. The first kappa shape index (κ1) is 27.6. The van der Waals surface area contributed by atoms with Crippen LogP contribution in [0.3, 0.4) is 0 Å². The van der Waals surface area contributed by atoms with Crippen molar-refractivity contribution in [1.82, 2.24) is 19.4 Å². The second kappa shape index (κ2) is 11.0. The summed E-state index contributed by atoms with van der Waals surface area (Å²) in [6.45, 7) is 0. The topological polar surface area (TPSA) is 67.8 Å². The van der Waals surface area contributed by atoms with Crippen LogP contribution in [0.15, 0.2) is 156 Å². The molecule has 5 aromatic carbocycles. The van der Waals surface area contributed by atoms with Crippen LogP contribution in [-0.2, 0) is 0 Å². The number of aromatic nitrogens is 4. The largest absolute Gasteiger partial charge is 0.308 e. The summed E-state index contributed by atoms with van der Waals surface area (Å²) in [6, 6.07) is 40.6. The zero-order chi connectivity index (χ0) is 32.3. The van der Waals surface area contributed by atoms with Crippen LogP contribution in [0.25, 0.3) is 65.7 Å². The highest BCUT2D eigenvalue weighted by Gasteiger charge is 2.21. The van der Waals surface area contributed by atoms with Gasteiger partial charge in [-0.1, -0.05) is 84.9 Å². The molecule has 0 saturated heterocycles. The minimum absolute atomic E-state index is 0.617. The lowest BCUT2D eigenvalue weighted by Gasteiger charge is -2.15. The van der Waals surface area contributed by atoms with Gasteiger partial charge in [0.25, 0.3) is 0 Å². The fourth-order valence-corrected chi connectivity index (χ4v) is 7.38. The van der Waals surface area contributed by atoms with Crippen LogP contribution in [-0.4, -0.2) is 30.9 Å². The van der Waals surface area contributed by atoms with Crippen LogP contribution in [0.5, 0.6) is 0 Å². The average molecular weight is 629 g/mol. The summed E-state index contributed by atoms with van der Waals surface area (Å²) < 4.78 is 2.43. The summed E-state index contributed by atoms with van der Waals surface area (Å²) in [5.41, 5.74) is 9.30. The van der Waals surface area contributed by atoms with Gasteiger partial charge in [0, 0.05) is 63.0 Å². The lowest BCUT2D eigenvalue weighted by molar-refractivity contribution is 1.04. The van der Waals surface area contributed by atoms with Gasteiger partial charge in [-0.2, -0.15) is 0 Å². The highest BCUT2D eigenvalue weighted by molar-refractivity contribution is 6.28. The van der Waals surface area contributed by atoms with E-state index in [1.165, 1.54) is 48.9 Å². The predicted molar refractivity (Wildman–Crippen MR) is 201 cm³/mol. The number of allylic oxidation sites excluding steroid dienone is 1. The van der Waals surface area contributed by atoms with Crippen LogP contribution in [0.1, 0.15) is 29.8 Å². The van der Waals surface area contributed by atoms with E-state index in [4.69, 9.17) is 20.0 Å². The third kappa shape index (κ3) is 4.45. The Labute approximate surface area is 281 Å². The Kier molecular flexibility index (Phi) is 6.21. The molecular weight excluding hydrogens is 601 g/mol. The van der Waals surface area contributed by atoms with Crippen molar-refractivity contribution in [3.63, 3.8) is 0 Å². The standard InChI is InChI=1S/C43H28N6/c1-2-9-27(10-3-1)31-25-45-43(46-26-31)37-16-8-15-36(28-19-21-44-22-20-28)47-42(48-37)30-23-34-32-13-4-5-17-38(32)49-39-18-7-12-29-11-6-14-33(40(29)39)35(24-30)41(34)49/h1-7,9-15,17-26H,8,16H2. The maximum Gasteiger partial charge on any atom is 0.173 e. The number of benzene rings is 5. The third-order valence-corrected chi connectivity index (χ3v) is 9.62. The van der Waals surface area contributed by atoms with Crippen LogP contribution in [0.4, 0.5) is 0 Å². The summed E-state index contributed by atoms with van der Waals surface area (Å²) >= 11 is 0. The number of nitrogens with zero attached hydrogens (tertiary/aromatic N) is 6. The monoisotopic (exact) mass is 628 g/mol. The Morgan fingerprint density at radius 1 is 0.551 bits per heavy atom. The van der Waals surface area contributed by atoms with Crippen molar-refractivity contribution in [2.24, 2.45) is 9.98 Å². The number of rotatable bonds is 4. The molecule has 4 aromatic heterocycles. The quantitative estimate of drug-likeness (QED) is 0.144. The van der Waals surface area contributed by atoms with Crippen LogP contribution >= 0.6 is 0 Å². The van der Waals surface area contributed by atoms with E-state index in [0.29, 0.717) is 18.1 Å². The van der Waals surface area contributed by atoms with E-state index in [1.54, 1.807) is 0 Å². The minimum Gasteiger partial charge on any atom is -0.308 e. The summed E-state index contributed by atoms with van der Waals surface area (Å²) in [5.74, 6) is 1.25. The van der Waals surface area contributed by atoms with Gasteiger partial charge in [-0.15, -0.1) is 0 Å². The average Bonchev–Trinajstić information content (AvgIpc) is 3.49. The SMILES string of the molecule is C1=C(c2ccncc2)N=C(c2cc3c4cccc5cccc(c54)n4c5ccccc5c(c2)c34)N=C(c2ncc(-c3ccccc3)cn2)CC1. The molecule has 9 aromatic rings. The highest BCUT2D eigenvalue weighted by Crippen LogP contribution is 2.41. The number of hydrogen-bond donors (Lipinski definition) is 0.